The number of rotatable bonds is 3. The molecule has 98 valence electrons. The van der Waals surface area contributed by atoms with Gasteiger partial charge in [-0.3, -0.25) is 10.1 Å². The third-order valence-corrected chi connectivity index (χ3v) is 2.62. The summed E-state index contributed by atoms with van der Waals surface area (Å²) >= 11 is 3.08. The molecule has 9 heteroatoms. The van der Waals surface area contributed by atoms with Gasteiger partial charge in [-0.25, -0.2) is 9.37 Å². The van der Waals surface area contributed by atoms with Crippen molar-refractivity contribution in [1.82, 2.24) is 9.97 Å². The third kappa shape index (κ3) is 2.76. The molecule has 0 spiro atoms. The highest BCUT2D eigenvalue weighted by Gasteiger charge is 2.21. The maximum atomic E-state index is 13.6. The van der Waals surface area contributed by atoms with E-state index >= 15 is 0 Å². The molecule has 0 bridgehead atoms. The fourth-order valence-corrected chi connectivity index (χ4v) is 1.55. The Morgan fingerprint density at radius 3 is 2.89 bits per heavy atom. The number of hydrogen-bond donors (Lipinski definition) is 1. The van der Waals surface area contributed by atoms with Gasteiger partial charge in [0, 0.05) is 6.07 Å². The van der Waals surface area contributed by atoms with Crippen LogP contribution >= 0.6 is 15.9 Å². The number of halogens is 2. The molecule has 2 N–H and O–H groups in total. The van der Waals surface area contributed by atoms with E-state index < -0.39 is 22.2 Å². The molecule has 0 fully saturated rings. The Morgan fingerprint density at radius 2 is 2.21 bits per heavy atom. The molecule has 1 aromatic heterocycles. The molecule has 0 aliphatic heterocycles. The summed E-state index contributed by atoms with van der Waals surface area (Å²) in [6.45, 7) is 0. The number of anilines is 1. The number of hydrogen-bond acceptors (Lipinski definition) is 6. The molecule has 19 heavy (non-hydrogen) atoms. The molecule has 0 atom stereocenters. The Kier molecular flexibility index (Phi) is 3.56. The van der Waals surface area contributed by atoms with E-state index in [0.29, 0.717) is 4.47 Å². The van der Waals surface area contributed by atoms with Crippen molar-refractivity contribution in [3.05, 3.63) is 44.8 Å². The second kappa shape index (κ2) is 5.14. The summed E-state index contributed by atoms with van der Waals surface area (Å²) in [5, 5.41) is 10.8. The quantitative estimate of drug-likeness (QED) is 0.686. The Hall–Kier alpha value is -2.29. The van der Waals surface area contributed by atoms with Gasteiger partial charge in [0.05, 0.1) is 15.6 Å². The van der Waals surface area contributed by atoms with Crippen LogP contribution in [0, 0.1) is 15.9 Å². The third-order valence-electron chi connectivity index (χ3n) is 2.07. The molecule has 0 unspecified atom stereocenters. The molecular weight excluding hydrogens is 323 g/mol. The van der Waals surface area contributed by atoms with Gasteiger partial charge in [0.2, 0.25) is 17.6 Å². The Morgan fingerprint density at radius 1 is 1.47 bits per heavy atom. The van der Waals surface area contributed by atoms with Gasteiger partial charge in [-0.1, -0.05) is 6.07 Å². The van der Waals surface area contributed by atoms with Gasteiger partial charge in [-0.05, 0) is 22.0 Å². The van der Waals surface area contributed by atoms with Crippen LogP contribution in [0.3, 0.4) is 0 Å². The summed E-state index contributed by atoms with van der Waals surface area (Å²) < 4.78 is 19.0. The van der Waals surface area contributed by atoms with Crippen molar-refractivity contribution < 1.29 is 14.1 Å². The molecular formula is C10H6BrFN4O3. The van der Waals surface area contributed by atoms with E-state index in [2.05, 4.69) is 25.9 Å². The lowest BCUT2D eigenvalue weighted by atomic mass is 10.3. The maximum Gasteiger partial charge on any atom is 0.314 e. The number of ether oxygens (including phenoxy) is 1. The van der Waals surface area contributed by atoms with Crippen LogP contribution in [0.2, 0.25) is 0 Å². The van der Waals surface area contributed by atoms with Gasteiger partial charge < -0.3 is 10.5 Å². The highest BCUT2D eigenvalue weighted by molar-refractivity contribution is 9.10. The Labute approximate surface area is 114 Å². The van der Waals surface area contributed by atoms with E-state index in [1.54, 1.807) is 0 Å². The van der Waals surface area contributed by atoms with E-state index in [1.807, 2.05) is 0 Å². The summed E-state index contributed by atoms with van der Waals surface area (Å²) in [5.74, 6) is -1.62. The predicted molar refractivity (Wildman–Crippen MR) is 67.3 cm³/mol. The van der Waals surface area contributed by atoms with Crippen LogP contribution < -0.4 is 10.5 Å². The molecule has 7 nitrogen and oxygen atoms in total. The lowest BCUT2D eigenvalue weighted by Gasteiger charge is -2.07. The smallest absolute Gasteiger partial charge is 0.314 e. The number of nitrogens with zero attached hydrogens (tertiary/aromatic N) is 3. The summed E-state index contributed by atoms with van der Waals surface area (Å²) in [4.78, 5) is 17.4. The molecule has 2 rings (SSSR count). The lowest BCUT2D eigenvalue weighted by Crippen LogP contribution is -2.00. The number of nitrogen functional groups attached to an aromatic ring is 1. The van der Waals surface area contributed by atoms with Crippen LogP contribution in [0.25, 0.3) is 0 Å². The van der Waals surface area contributed by atoms with Gasteiger partial charge in [0.25, 0.3) is 0 Å². The number of benzene rings is 1. The minimum atomic E-state index is -0.877. The molecule has 1 heterocycles. The normalized spacial score (nSPS) is 10.2. The lowest BCUT2D eigenvalue weighted by molar-refractivity contribution is -0.385. The van der Waals surface area contributed by atoms with Crippen LogP contribution in [0.1, 0.15) is 0 Å². The molecule has 0 saturated carbocycles. The summed E-state index contributed by atoms with van der Waals surface area (Å²) in [7, 11) is 0. The average Bonchev–Trinajstić information content (AvgIpc) is 2.35. The van der Waals surface area contributed by atoms with Crippen molar-refractivity contribution in [2.45, 2.75) is 0 Å². The van der Waals surface area contributed by atoms with Crippen LogP contribution in [-0.2, 0) is 0 Å². The van der Waals surface area contributed by atoms with Gasteiger partial charge in [-0.15, -0.1) is 0 Å². The highest BCUT2D eigenvalue weighted by atomic mass is 79.9. The summed E-state index contributed by atoms with van der Waals surface area (Å²) in [6.07, 6.45) is 1.30. The second-order valence-corrected chi connectivity index (χ2v) is 4.18. The zero-order chi connectivity index (χ0) is 14.0. The van der Waals surface area contributed by atoms with Crippen molar-refractivity contribution in [1.29, 1.82) is 0 Å². The van der Waals surface area contributed by atoms with Gasteiger partial charge in [0.1, 0.15) is 0 Å². The molecule has 0 aliphatic rings. The van der Waals surface area contributed by atoms with E-state index in [1.165, 1.54) is 12.3 Å². The van der Waals surface area contributed by atoms with E-state index in [-0.39, 0.29) is 11.8 Å². The van der Waals surface area contributed by atoms with Crippen LogP contribution in [0.15, 0.2) is 28.9 Å². The number of para-hydroxylation sites is 1. The summed E-state index contributed by atoms with van der Waals surface area (Å²) in [5.41, 5.74) is 4.86. The van der Waals surface area contributed by atoms with Gasteiger partial charge in [0.15, 0.2) is 5.82 Å². The number of aromatic nitrogens is 2. The fourth-order valence-electron chi connectivity index (χ4n) is 1.27. The first kappa shape index (κ1) is 13.1. The van der Waals surface area contributed by atoms with Gasteiger partial charge >= 0.3 is 5.69 Å². The number of nitro benzene ring substituents is 1. The SMILES string of the molecule is Nc1ncc(Br)c(Oc2c(F)cccc2[N+](=O)[O-])n1. The van der Waals surface area contributed by atoms with Crippen molar-refractivity contribution in [2.75, 3.05) is 5.73 Å². The van der Waals surface area contributed by atoms with Crippen molar-refractivity contribution in [3.8, 4) is 11.6 Å². The molecule has 0 saturated heterocycles. The monoisotopic (exact) mass is 328 g/mol. The van der Waals surface area contributed by atoms with E-state index in [4.69, 9.17) is 10.5 Å². The Balaban J connectivity index is 2.49. The van der Waals surface area contributed by atoms with Crippen molar-refractivity contribution >= 4 is 27.6 Å². The molecule has 0 radical (unpaired) electrons. The maximum absolute atomic E-state index is 13.6. The van der Waals surface area contributed by atoms with Crippen LogP contribution in [0.5, 0.6) is 11.6 Å². The minimum absolute atomic E-state index is 0.0998. The van der Waals surface area contributed by atoms with E-state index in [9.17, 15) is 14.5 Å². The first-order chi connectivity index (χ1) is 8.99. The van der Waals surface area contributed by atoms with Crippen LogP contribution in [0.4, 0.5) is 16.0 Å². The number of nitro groups is 1. The highest BCUT2D eigenvalue weighted by Crippen LogP contribution is 2.35. The zero-order valence-corrected chi connectivity index (χ0v) is 10.8. The average molecular weight is 329 g/mol. The summed E-state index contributed by atoms with van der Waals surface area (Å²) in [6, 6.07) is 3.38. The molecule has 0 aliphatic carbocycles. The first-order valence-corrected chi connectivity index (χ1v) is 5.67. The Bertz CT molecular complexity index is 653. The van der Waals surface area contributed by atoms with Crippen LogP contribution in [-0.4, -0.2) is 14.9 Å². The first-order valence-electron chi connectivity index (χ1n) is 4.88. The number of nitrogens with two attached hydrogens (primary N) is 1. The van der Waals surface area contributed by atoms with Crippen molar-refractivity contribution in [3.63, 3.8) is 0 Å². The van der Waals surface area contributed by atoms with E-state index in [0.717, 1.165) is 12.1 Å². The van der Waals surface area contributed by atoms with Crippen molar-refractivity contribution in [2.24, 2.45) is 0 Å². The molecule has 0 amide bonds. The standard InChI is InChI=1S/C10H6BrFN4O3/c11-5-4-14-10(13)15-9(5)19-8-6(12)2-1-3-7(8)16(17)18/h1-4H,(H2,13,14,15). The predicted octanol–water partition coefficient (Wildman–Crippen LogP) is 2.66. The second-order valence-electron chi connectivity index (χ2n) is 3.33. The largest absolute Gasteiger partial charge is 0.427 e. The molecule has 1 aromatic carbocycles. The van der Waals surface area contributed by atoms with Gasteiger partial charge in [-0.2, -0.15) is 4.98 Å². The fraction of sp³-hybridized carbons (Fsp3) is 0. The molecule has 2 aromatic rings. The zero-order valence-electron chi connectivity index (χ0n) is 9.21. The minimum Gasteiger partial charge on any atom is -0.427 e. The topological polar surface area (TPSA) is 104 Å².